The first kappa shape index (κ1) is 24.5. The monoisotopic (exact) mass is 396 g/mol. The van der Waals surface area contributed by atoms with Crippen LogP contribution in [0.3, 0.4) is 0 Å². The highest BCUT2D eigenvalue weighted by atomic mass is 35.5. The molecular weight excluding hydrogens is 363 g/mol. The molecule has 0 saturated heterocycles. The molecule has 0 N–H and O–H groups in total. The molecule has 0 heterocycles. The number of ether oxygens (including phenoxy) is 2. The van der Waals surface area contributed by atoms with E-state index in [1.807, 2.05) is 0 Å². The van der Waals surface area contributed by atoms with Crippen LogP contribution in [0.25, 0.3) is 0 Å². The van der Waals surface area contributed by atoms with Crippen molar-refractivity contribution in [2.24, 2.45) is 0 Å². The van der Waals surface area contributed by atoms with Gasteiger partial charge in [0.15, 0.2) is 0 Å². The summed E-state index contributed by atoms with van der Waals surface area (Å²) in [6.07, 6.45) is 12.5. The van der Waals surface area contributed by atoms with Crippen LogP contribution < -0.4 is 0 Å². The Balaban J connectivity index is 3.34. The van der Waals surface area contributed by atoms with E-state index in [2.05, 4.69) is 0 Å². The molecule has 0 aliphatic heterocycles. The van der Waals surface area contributed by atoms with Crippen molar-refractivity contribution in [2.45, 2.75) is 83.5 Å². The maximum Gasteiger partial charge on any atom is 0.317 e. The molecule has 0 atom stereocenters. The van der Waals surface area contributed by atoms with Crippen LogP contribution in [0.2, 0.25) is 0 Å². The lowest BCUT2D eigenvalue weighted by molar-refractivity contribution is -0.154. The fourth-order valence-corrected chi connectivity index (χ4v) is 2.78. The quantitative estimate of drug-likeness (QED) is 0.130. The van der Waals surface area contributed by atoms with E-state index in [-0.39, 0.29) is 6.42 Å². The van der Waals surface area contributed by atoms with Gasteiger partial charge in [-0.3, -0.25) is 9.59 Å². The van der Waals surface area contributed by atoms with Gasteiger partial charge in [0, 0.05) is 11.8 Å². The zero-order chi connectivity index (χ0) is 18.6. The number of carbonyl (C=O) groups excluding carboxylic acids is 2. The number of carbonyl (C=O) groups is 2. The summed E-state index contributed by atoms with van der Waals surface area (Å²) >= 11 is 11.2. The van der Waals surface area contributed by atoms with E-state index in [0.29, 0.717) is 13.2 Å². The van der Waals surface area contributed by atoms with Crippen molar-refractivity contribution < 1.29 is 19.1 Å². The average Bonchev–Trinajstić information content (AvgIpc) is 2.59. The molecule has 0 rings (SSSR count). The van der Waals surface area contributed by atoms with Crippen LogP contribution >= 0.6 is 23.2 Å². The summed E-state index contributed by atoms with van der Waals surface area (Å²) in [7, 11) is 0. The second-order valence-corrected chi connectivity index (χ2v) is 6.99. The lowest BCUT2D eigenvalue weighted by Crippen LogP contribution is -2.15. The molecule has 0 bridgehead atoms. The molecule has 0 radical (unpaired) electrons. The molecule has 6 heteroatoms. The van der Waals surface area contributed by atoms with Crippen LogP contribution in [0.5, 0.6) is 0 Å². The second kappa shape index (κ2) is 19.8. The summed E-state index contributed by atoms with van der Waals surface area (Å²) in [5.41, 5.74) is 0. The molecular formula is C19H34Cl2O4. The largest absolute Gasteiger partial charge is 0.465 e. The van der Waals surface area contributed by atoms with Crippen molar-refractivity contribution in [3.63, 3.8) is 0 Å². The molecule has 148 valence electrons. The molecule has 0 aromatic heterocycles. The van der Waals surface area contributed by atoms with Crippen molar-refractivity contribution in [2.75, 3.05) is 25.0 Å². The first-order chi connectivity index (χ1) is 12.2. The molecule has 0 aromatic carbocycles. The number of hydrogen-bond donors (Lipinski definition) is 0. The van der Waals surface area contributed by atoms with Gasteiger partial charge in [-0.15, -0.1) is 23.2 Å². The van der Waals surface area contributed by atoms with Crippen LogP contribution in [0.15, 0.2) is 0 Å². The average molecular weight is 397 g/mol. The molecule has 0 aliphatic rings. The lowest BCUT2D eigenvalue weighted by atomic mass is 10.1. The predicted octanol–water partition coefficient (Wildman–Crippen LogP) is 5.62. The van der Waals surface area contributed by atoms with Crippen molar-refractivity contribution in [3.8, 4) is 0 Å². The molecule has 0 saturated carbocycles. The van der Waals surface area contributed by atoms with Crippen LogP contribution in [-0.4, -0.2) is 36.9 Å². The van der Waals surface area contributed by atoms with Crippen LogP contribution in [0, 0.1) is 0 Å². The minimum atomic E-state index is -0.492. The Hall–Kier alpha value is -0.480. The van der Waals surface area contributed by atoms with Gasteiger partial charge in [-0.25, -0.2) is 0 Å². The second-order valence-electron chi connectivity index (χ2n) is 6.24. The van der Waals surface area contributed by atoms with E-state index in [1.54, 1.807) is 0 Å². The zero-order valence-electron chi connectivity index (χ0n) is 15.4. The van der Waals surface area contributed by atoms with Crippen LogP contribution in [0.4, 0.5) is 0 Å². The summed E-state index contributed by atoms with van der Waals surface area (Å²) in [6, 6.07) is 0. The van der Waals surface area contributed by atoms with Crippen molar-refractivity contribution >= 4 is 35.1 Å². The zero-order valence-corrected chi connectivity index (χ0v) is 16.9. The van der Waals surface area contributed by atoms with Gasteiger partial charge in [-0.2, -0.15) is 0 Å². The standard InChI is InChI=1S/C19H34Cl2O4/c20-13-9-5-1-3-7-11-15-24-18(22)17-19(23)25-16-12-8-4-2-6-10-14-21/h1-17H2. The van der Waals surface area contributed by atoms with E-state index in [0.717, 1.165) is 76.0 Å². The van der Waals surface area contributed by atoms with Gasteiger partial charge in [-0.05, 0) is 25.7 Å². The van der Waals surface area contributed by atoms with E-state index in [1.165, 1.54) is 12.8 Å². The smallest absolute Gasteiger partial charge is 0.317 e. The van der Waals surface area contributed by atoms with E-state index >= 15 is 0 Å². The summed E-state index contributed by atoms with van der Waals surface area (Å²) in [4.78, 5) is 23.0. The fourth-order valence-electron chi connectivity index (χ4n) is 2.40. The minimum absolute atomic E-state index is 0.286. The first-order valence-electron chi connectivity index (χ1n) is 9.64. The third kappa shape index (κ3) is 19.7. The Morgan fingerprint density at radius 3 is 1.20 bits per heavy atom. The molecule has 0 fully saturated rings. The van der Waals surface area contributed by atoms with Crippen molar-refractivity contribution in [1.82, 2.24) is 0 Å². The number of unbranched alkanes of at least 4 members (excludes halogenated alkanes) is 10. The van der Waals surface area contributed by atoms with Crippen LogP contribution in [0.1, 0.15) is 83.5 Å². The van der Waals surface area contributed by atoms with Gasteiger partial charge >= 0.3 is 11.9 Å². The highest BCUT2D eigenvalue weighted by molar-refractivity contribution is 6.18. The van der Waals surface area contributed by atoms with E-state index in [9.17, 15) is 9.59 Å². The summed E-state index contributed by atoms with van der Waals surface area (Å²) in [6.45, 7) is 0.758. The van der Waals surface area contributed by atoms with Gasteiger partial charge in [0.05, 0.1) is 13.2 Å². The van der Waals surface area contributed by atoms with Gasteiger partial charge < -0.3 is 9.47 Å². The van der Waals surface area contributed by atoms with Gasteiger partial charge in [0.25, 0.3) is 0 Å². The SMILES string of the molecule is O=C(CC(=O)OCCCCCCCCCl)OCCCCCCCCCl. The Morgan fingerprint density at radius 1 is 0.520 bits per heavy atom. The summed E-state index contributed by atoms with van der Waals surface area (Å²) < 4.78 is 10.1. The number of alkyl halides is 2. The Kier molecular flexibility index (Phi) is 19.5. The molecule has 4 nitrogen and oxygen atoms in total. The maximum atomic E-state index is 11.5. The number of hydrogen-bond acceptors (Lipinski definition) is 4. The third-order valence-corrected chi connectivity index (χ3v) is 4.41. The fraction of sp³-hybridized carbons (Fsp3) is 0.895. The molecule has 0 aliphatic carbocycles. The Morgan fingerprint density at radius 2 is 0.840 bits per heavy atom. The number of esters is 2. The first-order valence-corrected chi connectivity index (χ1v) is 10.7. The van der Waals surface area contributed by atoms with Gasteiger partial charge in [0.2, 0.25) is 0 Å². The Labute approximate surface area is 162 Å². The lowest BCUT2D eigenvalue weighted by Gasteiger charge is -2.06. The molecule has 0 unspecified atom stereocenters. The van der Waals surface area contributed by atoms with Crippen LogP contribution in [-0.2, 0) is 19.1 Å². The van der Waals surface area contributed by atoms with E-state index < -0.39 is 11.9 Å². The number of halogens is 2. The summed E-state index contributed by atoms with van der Waals surface area (Å²) in [5, 5.41) is 0. The van der Waals surface area contributed by atoms with Gasteiger partial charge in [-0.1, -0.05) is 51.4 Å². The maximum absolute atomic E-state index is 11.5. The Bertz CT molecular complexity index is 295. The van der Waals surface area contributed by atoms with E-state index in [4.69, 9.17) is 32.7 Å². The highest BCUT2D eigenvalue weighted by Crippen LogP contribution is 2.07. The number of rotatable bonds is 18. The molecule has 0 spiro atoms. The van der Waals surface area contributed by atoms with Gasteiger partial charge in [0.1, 0.15) is 6.42 Å². The minimum Gasteiger partial charge on any atom is -0.465 e. The molecule has 25 heavy (non-hydrogen) atoms. The van der Waals surface area contributed by atoms with Crippen molar-refractivity contribution in [1.29, 1.82) is 0 Å². The van der Waals surface area contributed by atoms with Crippen molar-refractivity contribution in [3.05, 3.63) is 0 Å². The predicted molar refractivity (Wildman–Crippen MR) is 103 cm³/mol. The normalized spacial score (nSPS) is 10.6. The topological polar surface area (TPSA) is 52.6 Å². The molecule has 0 amide bonds. The summed E-state index contributed by atoms with van der Waals surface area (Å²) in [5.74, 6) is 0.464. The highest BCUT2D eigenvalue weighted by Gasteiger charge is 2.11. The molecule has 0 aromatic rings. The third-order valence-electron chi connectivity index (χ3n) is 3.87.